The third-order valence-corrected chi connectivity index (χ3v) is 3.55. The molecule has 0 bridgehead atoms. The number of hydrogen-bond donors (Lipinski definition) is 3. The number of carboxylic acid groups (broad SMARTS) is 1. The maximum atomic E-state index is 12.1. The number of carbonyl (C=O) groups excluding carboxylic acids is 2. The molecule has 1 rings (SSSR count). The van der Waals surface area contributed by atoms with Crippen LogP contribution in [0.2, 0.25) is 0 Å². The van der Waals surface area contributed by atoms with E-state index in [-0.39, 0.29) is 25.5 Å². The van der Waals surface area contributed by atoms with Gasteiger partial charge >= 0.3 is 0 Å². The van der Waals surface area contributed by atoms with Crippen LogP contribution < -0.4 is 15.7 Å². The van der Waals surface area contributed by atoms with E-state index < -0.39 is 12.0 Å². The highest BCUT2D eigenvalue weighted by Crippen LogP contribution is 2.22. The van der Waals surface area contributed by atoms with Crippen LogP contribution >= 0.6 is 0 Å². The van der Waals surface area contributed by atoms with Gasteiger partial charge in [-0.05, 0) is 24.0 Å². The Labute approximate surface area is 130 Å². The zero-order valence-electron chi connectivity index (χ0n) is 13.1. The van der Waals surface area contributed by atoms with Gasteiger partial charge in [0.15, 0.2) is 0 Å². The summed E-state index contributed by atoms with van der Waals surface area (Å²) >= 11 is 0. The van der Waals surface area contributed by atoms with Gasteiger partial charge in [-0.15, -0.1) is 0 Å². The minimum atomic E-state index is -1.30. The Morgan fingerprint density at radius 2 is 1.86 bits per heavy atom. The fourth-order valence-electron chi connectivity index (χ4n) is 2.33. The molecular formula is C16H24N2O4. The number of nitrogens with two attached hydrogens (primary N) is 1. The number of para-hydroxylation sites is 1. The van der Waals surface area contributed by atoms with Gasteiger partial charge in [0.05, 0.1) is 25.5 Å². The standard InChI is InChI=1S/C16H24N2O4/c1-3-11-6-5-7-12(4-2)15(11)18-14(20)10-13(16(21)22)17-8-9-19/h5-7,13,17,19H,3-4,8-10H2,1-2H3,(H,18,20)(H,21,22)/t13-/m0/s1. The van der Waals surface area contributed by atoms with Crippen molar-refractivity contribution in [1.29, 1.82) is 0 Å². The van der Waals surface area contributed by atoms with Crippen LogP contribution in [0.25, 0.3) is 0 Å². The molecule has 0 saturated carbocycles. The van der Waals surface area contributed by atoms with Crippen molar-refractivity contribution in [1.82, 2.24) is 0 Å². The topological polar surface area (TPSA) is 106 Å². The maximum Gasteiger partial charge on any atom is 0.230 e. The number of anilines is 1. The summed E-state index contributed by atoms with van der Waals surface area (Å²) in [5.41, 5.74) is 2.82. The smallest absolute Gasteiger partial charge is 0.230 e. The first kappa shape index (κ1) is 18.1. The first-order chi connectivity index (χ1) is 10.5. The lowest BCUT2D eigenvalue weighted by molar-refractivity contribution is -0.683. The van der Waals surface area contributed by atoms with Gasteiger partial charge in [-0.25, -0.2) is 0 Å². The highest BCUT2D eigenvalue weighted by Gasteiger charge is 2.19. The molecule has 0 saturated heterocycles. The summed E-state index contributed by atoms with van der Waals surface area (Å²) in [5.74, 6) is -1.66. The summed E-state index contributed by atoms with van der Waals surface area (Å²) < 4.78 is 0. The molecule has 0 aliphatic carbocycles. The summed E-state index contributed by atoms with van der Waals surface area (Å²) in [6.07, 6.45) is 1.37. The number of aryl methyl sites for hydroxylation is 2. The average molecular weight is 308 g/mol. The molecular weight excluding hydrogens is 284 g/mol. The van der Waals surface area contributed by atoms with Gasteiger partial charge in [0.1, 0.15) is 6.04 Å². The van der Waals surface area contributed by atoms with Crippen molar-refractivity contribution in [2.45, 2.75) is 39.2 Å². The third kappa shape index (κ3) is 5.13. The molecule has 0 aliphatic rings. The van der Waals surface area contributed by atoms with E-state index in [9.17, 15) is 14.7 Å². The van der Waals surface area contributed by atoms with Crippen molar-refractivity contribution < 1.29 is 25.1 Å². The van der Waals surface area contributed by atoms with Gasteiger partial charge in [0, 0.05) is 5.69 Å². The van der Waals surface area contributed by atoms with E-state index in [0.29, 0.717) is 0 Å². The van der Waals surface area contributed by atoms with Crippen molar-refractivity contribution in [3.8, 4) is 0 Å². The largest absolute Gasteiger partial charge is 0.544 e. The highest BCUT2D eigenvalue weighted by molar-refractivity contribution is 5.94. The first-order valence-electron chi connectivity index (χ1n) is 7.59. The lowest BCUT2D eigenvalue weighted by Gasteiger charge is -2.18. The Kier molecular flexibility index (Phi) is 7.56. The molecule has 122 valence electrons. The zero-order valence-corrected chi connectivity index (χ0v) is 13.1. The molecule has 0 unspecified atom stereocenters. The molecule has 0 spiro atoms. The summed E-state index contributed by atoms with van der Waals surface area (Å²) in [7, 11) is 0. The van der Waals surface area contributed by atoms with Crippen molar-refractivity contribution >= 4 is 17.6 Å². The first-order valence-corrected chi connectivity index (χ1v) is 7.59. The van der Waals surface area contributed by atoms with Gasteiger partial charge in [-0.2, -0.15) is 0 Å². The lowest BCUT2D eigenvalue weighted by atomic mass is 10.0. The van der Waals surface area contributed by atoms with Gasteiger partial charge < -0.3 is 25.6 Å². The summed E-state index contributed by atoms with van der Waals surface area (Å²) in [6.45, 7) is 4.08. The normalized spacial score (nSPS) is 12.0. The number of rotatable bonds is 9. The molecule has 22 heavy (non-hydrogen) atoms. The number of aliphatic hydroxyl groups excluding tert-OH is 1. The minimum absolute atomic E-state index is 0.149. The number of amides is 1. The second-order valence-electron chi connectivity index (χ2n) is 5.08. The Morgan fingerprint density at radius 1 is 1.27 bits per heavy atom. The third-order valence-electron chi connectivity index (χ3n) is 3.55. The number of carbonyl (C=O) groups is 2. The summed E-state index contributed by atoms with van der Waals surface area (Å²) in [5, 5.41) is 24.0. The zero-order chi connectivity index (χ0) is 16.5. The Hall–Kier alpha value is -1.92. The van der Waals surface area contributed by atoms with E-state index in [2.05, 4.69) is 5.32 Å². The molecule has 0 radical (unpaired) electrons. The second-order valence-corrected chi connectivity index (χ2v) is 5.08. The molecule has 4 N–H and O–H groups in total. The number of aliphatic carboxylic acids is 1. The molecule has 0 aliphatic heterocycles. The molecule has 6 heteroatoms. The second kappa shape index (κ2) is 9.17. The molecule has 1 atom stereocenters. The Morgan fingerprint density at radius 3 is 2.32 bits per heavy atom. The van der Waals surface area contributed by atoms with Crippen LogP contribution in [0.1, 0.15) is 31.4 Å². The van der Waals surface area contributed by atoms with Crippen molar-refractivity contribution in [2.75, 3.05) is 18.5 Å². The molecule has 1 amide bonds. The molecule has 0 heterocycles. The SMILES string of the molecule is CCc1cccc(CC)c1NC(=O)C[C@H]([NH2+]CCO)C(=O)[O-]. The quantitative estimate of drug-likeness (QED) is 0.533. The Bertz CT molecular complexity index is 495. The predicted molar refractivity (Wildman–Crippen MR) is 81.1 cm³/mol. The molecule has 6 nitrogen and oxygen atoms in total. The van der Waals surface area contributed by atoms with Gasteiger partial charge in [-0.1, -0.05) is 32.0 Å². The van der Waals surface area contributed by atoms with Gasteiger partial charge in [0.25, 0.3) is 0 Å². The molecule has 1 aromatic carbocycles. The number of benzene rings is 1. The highest BCUT2D eigenvalue weighted by atomic mass is 16.4. The fraction of sp³-hybridized carbons (Fsp3) is 0.500. The molecule has 0 aromatic heterocycles. The van der Waals surface area contributed by atoms with Crippen LogP contribution in [0, 0.1) is 0 Å². The average Bonchev–Trinajstić information content (AvgIpc) is 2.51. The van der Waals surface area contributed by atoms with Crippen LogP contribution in [0.15, 0.2) is 18.2 Å². The minimum Gasteiger partial charge on any atom is -0.544 e. The van der Waals surface area contributed by atoms with Gasteiger partial charge in [-0.3, -0.25) is 4.79 Å². The van der Waals surface area contributed by atoms with Crippen LogP contribution in [0.5, 0.6) is 0 Å². The number of carboxylic acids is 1. The van der Waals surface area contributed by atoms with E-state index in [1.165, 1.54) is 5.32 Å². The van der Waals surface area contributed by atoms with Crippen molar-refractivity contribution in [3.63, 3.8) is 0 Å². The number of nitrogens with one attached hydrogen (secondary N) is 1. The number of hydrogen-bond acceptors (Lipinski definition) is 4. The fourth-order valence-corrected chi connectivity index (χ4v) is 2.33. The molecule has 1 aromatic rings. The van der Waals surface area contributed by atoms with E-state index in [0.717, 1.165) is 29.7 Å². The number of quaternary nitrogens is 1. The lowest BCUT2D eigenvalue weighted by Crippen LogP contribution is -2.94. The summed E-state index contributed by atoms with van der Waals surface area (Å²) in [6, 6.07) is 4.85. The van der Waals surface area contributed by atoms with E-state index in [4.69, 9.17) is 5.11 Å². The van der Waals surface area contributed by atoms with Crippen LogP contribution in [0.4, 0.5) is 5.69 Å². The molecule has 0 fully saturated rings. The number of aliphatic hydroxyl groups is 1. The van der Waals surface area contributed by atoms with E-state index in [1.54, 1.807) is 0 Å². The van der Waals surface area contributed by atoms with Crippen LogP contribution in [0.3, 0.4) is 0 Å². The van der Waals surface area contributed by atoms with Crippen molar-refractivity contribution in [3.05, 3.63) is 29.3 Å². The van der Waals surface area contributed by atoms with Gasteiger partial charge in [0.2, 0.25) is 5.91 Å². The van der Waals surface area contributed by atoms with E-state index in [1.807, 2.05) is 32.0 Å². The van der Waals surface area contributed by atoms with E-state index >= 15 is 0 Å². The monoisotopic (exact) mass is 308 g/mol. The Balaban J connectivity index is 2.81. The predicted octanol–water partition coefficient (Wildman–Crippen LogP) is -1.19. The summed E-state index contributed by atoms with van der Waals surface area (Å²) in [4.78, 5) is 23.2. The van der Waals surface area contributed by atoms with Crippen molar-refractivity contribution in [2.24, 2.45) is 0 Å². The van der Waals surface area contributed by atoms with Crippen LogP contribution in [-0.4, -0.2) is 36.2 Å². The maximum absolute atomic E-state index is 12.1. The van der Waals surface area contributed by atoms with Crippen LogP contribution in [-0.2, 0) is 22.4 Å².